The van der Waals surface area contributed by atoms with Crippen LogP contribution >= 0.6 is 0 Å². The molecule has 0 radical (unpaired) electrons. The fourth-order valence-corrected chi connectivity index (χ4v) is 1.98. The van der Waals surface area contributed by atoms with Crippen molar-refractivity contribution in [2.45, 2.75) is 23.7 Å². The molecule has 0 heterocycles. The predicted octanol–water partition coefficient (Wildman–Crippen LogP) is 2.33. The lowest BCUT2D eigenvalue weighted by molar-refractivity contribution is 0.600. The molecule has 0 saturated carbocycles. The molecule has 1 aromatic carbocycles. The molecule has 0 fully saturated rings. The SMILES string of the molecule is C[S+]([O-])c1ccc(C(CC#N)CC#N)cc1. The Kier molecular flexibility index (Phi) is 4.85. The summed E-state index contributed by atoms with van der Waals surface area (Å²) >= 11 is -0.988. The molecule has 16 heavy (non-hydrogen) atoms. The number of nitriles is 2. The van der Waals surface area contributed by atoms with E-state index in [9.17, 15) is 4.55 Å². The maximum Gasteiger partial charge on any atom is 0.152 e. The molecule has 0 spiro atoms. The lowest BCUT2D eigenvalue weighted by atomic mass is 9.94. The fourth-order valence-electron chi connectivity index (χ4n) is 1.46. The van der Waals surface area contributed by atoms with Gasteiger partial charge in [0, 0.05) is 18.8 Å². The van der Waals surface area contributed by atoms with E-state index in [1.165, 1.54) is 0 Å². The van der Waals surface area contributed by atoms with Gasteiger partial charge in [0.15, 0.2) is 4.90 Å². The van der Waals surface area contributed by atoms with Crippen molar-refractivity contribution in [3.8, 4) is 12.1 Å². The Morgan fingerprint density at radius 2 is 1.69 bits per heavy atom. The highest BCUT2D eigenvalue weighted by Crippen LogP contribution is 2.23. The van der Waals surface area contributed by atoms with Gasteiger partial charge in [0.1, 0.15) is 6.26 Å². The van der Waals surface area contributed by atoms with Gasteiger partial charge < -0.3 is 4.55 Å². The van der Waals surface area contributed by atoms with Crippen LogP contribution in [0.3, 0.4) is 0 Å². The molecule has 4 heteroatoms. The average molecular weight is 232 g/mol. The van der Waals surface area contributed by atoms with Crippen LogP contribution in [0.4, 0.5) is 0 Å². The summed E-state index contributed by atoms with van der Waals surface area (Å²) in [6.07, 6.45) is 2.29. The first-order valence-electron chi connectivity index (χ1n) is 4.86. The normalized spacial score (nSPS) is 11.8. The Morgan fingerprint density at radius 1 is 1.19 bits per heavy atom. The Balaban J connectivity index is 2.86. The molecule has 0 amide bonds. The Bertz CT molecular complexity index is 398. The van der Waals surface area contributed by atoms with Gasteiger partial charge in [0.25, 0.3) is 0 Å². The maximum atomic E-state index is 11.2. The standard InChI is InChI=1S/C12H12N2OS/c1-16(15)12-4-2-10(3-5-12)11(6-8-13)7-9-14/h2-5,11H,6-7H2,1H3. The molecule has 0 saturated heterocycles. The van der Waals surface area contributed by atoms with Gasteiger partial charge in [-0.25, -0.2) is 0 Å². The van der Waals surface area contributed by atoms with Gasteiger partial charge in [-0.1, -0.05) is 12.1 Å². The maximum absolute atomic E-state index is 11.2. The van der Waals surface area contributed by atoms with E-state index in [-0.39, 0.29) is 5.92 Å². The van der Waals surface area contributed by atoms with Crippen LogP contribution in [0.15, 0.2) is 29.2 Å². The van der Waals surface area contributed by atoms with Crippen molar-refractivity contribution in [2.75, 3.05) is 6.26 Å². The summed E-state index contributed by atoms with van der Waals surface area (Å²) in [5.74, 6) is -0.0469. The van der Waals surface area contributed by atoms with Crippen LogP contribution in [-0.4, -0.2) is 10.8 Å². The molecule has 0 bridgehead atoms. The molecular formula is C12H12N2OS. The summed E-state index contributed by atoms with van der Waals surface area (Å²) in [5, 5.41) is 17.3. The second-order valence-electron chi connectivity index (χ2n) is 3.44. The summed E-state index contributed by atoms with van der Waals surface area (Å²) in [7, 11) is 0. The molecule has 0 aliphatic rings. The summed E-state index contributed by atoms with van der Waals surface area (Å²) < 4.78 is 11.2. The minimum Gasteiger partial charge on any atom is -0.612 e. The number of nitrogens with zero attached hydrogens (tertiary/aromatic N) is 2. The minimum atomic E-state index is -0.988. The molecule has 0 aliphatic carbocycles. The third-order valence-electron chi connectivity index (χ3n) is 2.36. The van der Waals surface area contributed by atoms with E-state index < -0.39 is 11.2 Å². The van der Waals surface area contributed by atoms with Crippen LogP contribution < -0.4 is 0 Å². The Hall–Kier alpha value is -1.49. The van der Waals surface area contributed by atoms with Crippen LogP contribution in [0.25, 0.3) is 0 Å². The zero-order valence-corrected chi connectivity index (χ0v) is 9.83. The molecule has 3 nitrogen and oxygen atoms in total. The highest BCUT2D eigenvalue weighted by atomic mass is 32.2. The average Bonchev–Trinajstić information content (AvgIpc) is 2.29. The van der Waals surface area contributed by atoms with E-state index in [4.69, 9.17) is 10.5 Å². The van der Waals surface area contributed by atoms with E-state index in [1.54, 1.807) is 18.4 Å². The van der Waals surface area contributed by atoms with Crippen molar-refractivity contribution in [1.29, 1.82) is 10.5 Å². The van der Waals surface area contributed by atoms with Gasteiger partial charge in [0.05, 0.1) is 12.1 Å². The summed E-state index contributed by atoms with van der Waals surface area (Å²) in [6.45, 7) is 0. The van der Waals surface area contributed by atoms with Crippen LogP contribution in [0, 0.1) is 22.7 Å². The summed E-state index contributed by atoms with van der Waals surface area (Å²) in [6, 6.07) is 11.4. The minimum absolute atomic E-state index is 0.0469. The zero-order chi connectivity index (χ0) is 12.0. The smallest absolute Gasteiger partial charge is 0.152 e. The number of benzene rings is 1. The van der Waals surface area contributed by atoms with Crippen molar-refractivity contribution in [2.24, 2.45) is 0 Å². The van der Waals surface area contributed by atoms with Crippen LogP contribution in [0.1, 0.15) is 24.3 Å². The van der Waals surface area contributed by atoms with Crippen molar-refractivity contribution in [3.05, 3.63) is 29.8 Å². The largest absolute Gasteiger partial charge is 0.612 e. The zero-order valence-electron chi connectivity index (χ0n) is 9.01. The van der Waals surface area contributed by atoms with E-state index in [0.717, 1.165) is 10.5 Å². The third-order valence-corrected chi connectivity index (χ3v) is 3.29. The molecule has 1 unspecified atom stereocenters. The third kappa shape index (κ3) is 3.27. The molecule has 0 aliphatic heterocycles. The van der Waals surface area contributed by atoms with Crippen LogP contribution in [0.2, 0.25) is 0 Å². The van der Waals surface area contributed by atoms with Crippen LogP contribution in [-0.2, 0) is 11.2 Å². The van der Waals surface area contributed by atoms with E-state index in [2.05, 4.69) is 12.1 Å². The van der Waals surface area contributed by atoms with Crippen molar-refractivity contribution in [1.82, 2.24) is 0 Å². The molecule has 0 N–H and O–H groups in total. The van der Waals surface area contributed by atoms with E-state index in [1.807, 2.05) is 12.1 Å². The van der Waals surface area contributed by atoms with Gasteiger partial charge in [0.2, 0.25) is 0 Å². The lowest BCUT2D eigenvalue weighted by Crippen LogP contribution is -2.00. The molecule has 82 valence electrons. The molecule has 1 atom stereocenters. The second kappa shape index (κ2) is 6.17. The monoisotopic (exact) mass is 232 g/mol. The molecular weight excluding hydrogens is 220 g/mol. The lowest BCUT2D eigenvalue weighted by Gasteiger charge is -2.11. The Morgan fingerprint density at radius 3 is 2.06 bits per heavy atom. The molecule has 1 aromatic rings. The van der Waals surface area contributed by atoms with Gasteiger partial charge in [-0.3, -0.25) is 0 Å². The predicted molar refractivity (Wildman–Crippen MR) is 62.0 cm³/mol. The first-order chi connectivity index (χ1) is 7.69. The highest BCUT2D eigenvalue weighted by Gasteiger charge is 2.12. The van der Waals surface area contributed by atoms with Gasteiger partial charge in [-0.05, 0) is 28.9 Å². The Labute approximate surface area is 98.5 Å². The van der Waals surface area contributed by atoms with Crippen molar-refractivity contribution in [3.63, 3.8) is 0 Å². The van der Waals surface area contributed by atoms with Crippen molar-refractivity contribution >= 4 is 11.2 Å². The topological polar surface area (TPSA) is 70.6 Å². The molecule has 1 rings (SSSR count). The number of hydrogen-bond donors (Lipinski definition) is 0. The van der Waals surface area contributed by atoms with Gasteiger partial charge in [-0.2, -0.15) is 10.5 Å². The number of rotatable bonds is 4. The highest BCUT2D eigenvalue weighted by molar-refractivity contribution is 7.90. The van der Waals surface area contributed by atoms with Crippen molar-refractivity contribution < 1.29 is 4.55 Å². The summed E-state index contributed by atoms with van der Waals surface area (Å²) in [5.41, 5.74) is 0.956. The first-order valence-corrected chi connectivity index (χ1v) is 6.42. The van der Waals surface area contributed by atoms with E-state index >= 15 is 0 Å². The fraction of sp³-hybridized carbons (Fsp3) is 0.333. The second-order valence-corrected chi connectivity index (χ2v) is 4.82. The van der Waals surface area contributed by atoms with Gasteiger partial charge in [-0.15, -0.1) is 0 Å². The van der Waals surface area contributed by atoms with E-state index in [0.29, 0.717) is 12.8 Å². The number of hydrogen-bond acceptors (Lipinski definition) is 3. The van der Waals surface area contributed by atoms with Crippen LogP contribution in [0.5, 0.6) is 0 Å². The first kappa shape index (κ1) is 12.6. The molecule has 0 aromatic heterocycles. The van der Waals surface area contributed by atoms with Gasteiger partial charge >= 0.3 is 0 Å². The quantitative estimate of drug-likeness (QED) is 0.748. The summed E-state index contributed by atoms with van der Waals surface area (Å²) in [4.78, 5) is 0.761.